The molecule has 0 radical (unpaired) electrons. The molecule has 1 fully saturated rings. The van der Waals surface area contributed by atoms with Gasteiger partial charge in [-0.2, -0.15) is 0 Å². The van der Waals surface area contributed by atoms with Crippen molar-refractivity contribution in [2.75, 3.05) is 19.6 Å². The van der Waals surface area contributed by atoms with Crippen LogP contribution < -0.4 is 10.6 Å². The molecule has 0 bridgehead atoms. The van der Waals surface area contributed by atoms with Crippen LogP contribution in [0.4, 0.5) is 0 Å². The fourth-order valence-corrected chi connectivity index (χ4v) is 5.47. The van der Waals surface area contributed by atoms with E-state index in [2.05, 4.69) is 20.8 Å². The third-order valence-corrected chi connectivity index (χ3v) is 7.66. The smallest absolute Gasteiger partial charge is 0.264 e. The molecule has 2 aliphatic rings. The zero-order valence-electron chi connectivity index (χ0n) is 20.4. The van der Waals surface area contributed by atoms with E-state index >= 15 is 0 Å². The van der Waals surface area contributed by atoms with Crippen molar-refractivity contribution >= 4 is 29.1 Å². The Hall–Kier alpha value is -3.57. The molecule has 10 nitrogen and oxygen atoms in total. The Morgan fingerprint density at radius 3 is 2.83 bits per heavy atom. The van der Waals surface area contributed by atoms with E-state index in [1.807, 2.05) is 36.2 Å². The summed E-state index contributed by atoms with van der Waals surface area (Å²) in [6, 6.07) is 8.73. The number of hydrogen-bond donors (Lipinski definition) is 2. The average Bonchev–Trinajstić information content (AvgIpc) is 3.59. The molecular weight excluding hydrogens is 480 g/mol. The van der Waals surface area contributed by atoms with Crippen LogP contribution in [0, 0.1) is 19.8 Å². The van der Waals surface area contributed by atoms with E-state index in [4.69, 9.17) is 4.52 Å². The minimum Gasteiger partial charge on any atom is -0.353 e. The number of rotatable bonds is 6. The number of aryl methyl sites for hydroxylation is 2. The second-order valence-corrected chi connectivity index (χ2v) is 10.2. The highest BCUT2D eigenvalue weighted by Crippen LogP contribution is 2.30. The number of amides is 3. The fraction of sp³-hybridized carbons (Fsp3) is 0.400. The number of hydrogen-bond acceptors (Lipinski definition) is 8. The van der Waals surface area contributed by atoms with Gasteiger partial charge in [0.1, 0.15) is 10.9 Å². The van der Waals surface area contributed by atoms with Crippen LogP contribution in [0.25, 0.3) is 10.8 Å². The fourth-order valence-electron chi connectivity index (χ4n) is 4.54. The molecule has 1 saturated heterocycles. The van der Waals surface area contributed by atoms with Gasteiger partial charge in [0.2, 0.25) is 5.91 Å². The third kappa shape index (κ3) is 4.63. The van der Waals surface area contributed by atoms with E-state index in [1.54, 1.807) is 24.9 Å². The Bertz CT molecular complexity index is 1320. The summed E-state index contributed by atoms with van der Waals surface area (Å²) >= 11 is 1.21. The van der Waals surface area contributed by atoms with Gasteiger partial charge in [0.15, 0.2) is 10.8 Å². The first-order chi connectivity index (χ1) is 17.3. The number of carbonyl (C=O) groups is 3. The summed E-state index contributed by atoms with van der Waals surface area (Å²) < 4.78 is 5.25. The Morgan fingerprint density at radius 1 is 1.25 bits per heavy atom. The molecule has 1 unspecified atom stereocenters. The molecule has 2 N–H and O–H groups in total. The number of nitrogens with zero attached hydrogens (tertiary/aromatic N) is 4. The normalized spacial score (nSPS) is 18.4. The lowest BCUT2D eigenvalue weighted by atomic mass is 9.99. The Labute approximate surface area is 212 Å². The Morgan fingerprint density at radius 2 is 2.06 bits per heavy atom. The molecule has 2 aromatic heterocycles. The maximum Gasteiger partial charge on any atom is 0.264 e. The summed E-state index contributed by atoms with van der Waals surface area (Å²) in [6.07, 6.45) is 0.908. The standard InChI is InChI=1S/C25H28N6O4S/c1-14(12-26-23(33)21-16(3)27-24(36-21)19-11-15(2)29-35-19)22(32)28-20-18-8-5-4-7-17(18)13-30-9-6-10-31(30)25(20)34/h4-5,7-8,11,14,20H,6,9-10,12-13H2,1-3H3,(H,26,33)(H,28,32)/t14?,20-/m0/s1. The van der Waals surface area contributed by atoms with Crippen LogP contribution in [-0.4, -0.2) is 57.5 Å². The van der Waals surface area contributed by atoms with E-state index < -0.39 is 12.0 Å². The average molecular weight is 509 g/mol. The van der Waals surface area contributed by atoms with Crippen molar-refractivity contribution in [3.63, 3.8) is 0 Å². The molecule has 188 valence electrons. The summed E-state index contributed by atoms with van der Waals surface area (Å²) in [4.78, 5) is 44.1. The SMILES string of the molecule is Cc1cc(-c2nc(C)c(C(=O)NCC(C)C(=O)N[C@@H]3C(=O)N4CCCN4Cc4ccccc43)s2)on1. The maximum atomic E-state index is 13.3. The van der Waals surface area contributed by atoms with Crippen LogP contribution in [0.1, 0.15) is 51.6 Å². The van der Waals surface area contributed by atoms with Crippen LogP contribution in [0.5, 0.6) is 0 Å². The van der Waals surface area contributed by atoms with Crippen molar-refractivity contribution in [1.82, 2.24) is 30.8 Å². The molecule has 2 atom stereocenters. The number of carbonyl (C=O) groups excluding carboxylic acids is 3. The van der Waals surface area contributed by atoms with Gasteiger partial charge in [-0.25, -0.2) is 9.99 Å². The maximum absolute atomic E-state index is 13.3. The summed E-state index contributed by atoms with van der Waals surface area (Å²) in [5.74, 6) is -0.767. The van der Waals surface area contributed by atoms with Crippen LogP contribution >= 0.6 is 11.3 Å². The van der Waals surface area contributed by atoms with Crippen molar-refractivity contribution in [2.24, 2.45) is 5.92 Å². The molecule has 36 heavy (non-hydrogen) atoms. The van der Waals surface area contributed by atoms with Gasteiger partial charge in [-0.3, -0.25) is 19.4 Å². The van der Waals surface area contributed by atoms with Gasteiger partial charge in [-0.1, -0.05) is 36.3 Å². The lowest BCUT2D eigenvalue weighted by Crippen LogP contribution is -2.47. The molecular formula is C25H28N6O4S. The highest BCUT2D eigenvalue weighted by molar-refractivity contribution is 7.17. The molecule has 4 heterocycles. The first-order valence-electron chi connectivity index (χ1n) is 12.0. The molecule has 0 aliphatic carbocycles. The Balaban J connectivity index is 1.24. The topological polar surface area (TPSA) is 121 Å². The molecule has 3 amide bonds. The summed E-state index contributed by atoms with van der Waals surface area (Å²) in [6.45, 7) is 7.53. The number of hydrazine groups is 1. The third-order valence-electron chi connectivity index (χ3n) is 6.49. The van der Waals surface area contributed by atoms with Crippen LogP contribution in [0.2, 0.25) is 0 Å². The van der Waals surface area contributed by atoms with E-state index in [9.17, 15) is 14.4 Å². The van der Waals surface area contributed by atoms with Crippen LogP contribution in [0.3, 0.4) is 0 Å². The minimum absolute atomic E-state index is 0.122. The van der Waals surface area contributed by atoms with Gasteiger partial charge in [-0.05, 0) is 31.4 Å². The number of fused-ring (bicyclic) bond motifs is 2. The highest BCUT2D eigenvalue weighted by atomic mass is 32.1. The van der Waals surface area contributed by atoms with Gasteiger partial charge < -0.3 is 15.2 Å². The number of nitrogens with one attached hydrogen (secondary N) is 2. The van der Waals surface area contributed by atoms with E-state index in [0.717, 1.165) is 29.8 Å². The summed E-state index contributed by atoms with van der Waals surface area (Å²) in [5, 5.41) is 14.0. The zero-order chi connectivity index (χ0) is 25.4. The molecule has 0 saturated carbocycles. The lowest BCUT2D eigenvalue weighted by Gasteiger charge is -2.28. The van der Waals surface area contributed by atoms with Crippen molar-refractivity contribution < 1.29 is 18.9 Å². The quantitative estimate of drug-likeness (QED) is 0.525. The largest absolute Gasteiger partial charge is 0.353 e. The minimum atomic E-state index is -0.758. The number of thiazole rings is 1. The molecule has 5 rings (SSSR count). The Kier molecular flexibility index (Phi) is 6.59. The van der Waals surface area contributed by atoms with Gasteiger partial charge in [0.05, 0.1) is 17.3 Å². The summed E-state index contributed by atoms with van der Waals surface area (Å²) in [7, 11) is 0. The van der Waals surface area contributed by atoms with Gasteiger partial charge in [-0.15, -0.1) is 11.3 Å². The van der Waals surface area contributed by atoms with Gasteiger partial charge >= 0.3 is 0 Å². The zero-order valence-corrected chi connectivity index (χ0v) is 21.2. The predicted octanol–water partition coefficient (Wildman–Crippen LogP) is 2.60. The number of aromatic nitrogens is 2. The van der Waals surface area contributed by atoms with E-state index in [1.165, 1.54) is 11.3 Å². The molecule has 3 aromatic rings. The van der Waals surface area contributed by atoms with Crippen molar-refractivity contribution in [1.29, 1.82) is 0 Å². The second kappa shape index (κ2) is 9.82. The first-order valence-corrected chi connectivity index (χ1v) is 12.8. The number of benzene rings is 1. The molecule has 1 aromatic carbocycles. The van der Waals surface area contributed by atoms with E-state index in [0.29, 0.717) is 34.4 Å². The van der Waals surface area contributed by atoms with Crippen LogP contribution in [0.15, 0.2) is 34.9 Å². The molecule has 2 aliphatic heterocycles. The van der Waals surface area contributed by atoms with Gasteiger partial charge in [0, 0.05) is 32.2 Å². The predicted molar refractivity (Wildman–Crippen MR) is 133 cm³/mol. The molecule has 0 spiro atoms. The first kappa shape index (κ1) is 24.1. The van der Waals surface area contributed by atoms with Crippen molar-refractivity contribution in [3.8, 4) is 10.8 Å². The highest BCUT2D eigenvalue weighted by Gasteiger charge is 2.38. The summed E-state index contributed by atoms with van der Waals surface area (Å²) in [5.41, 5.74) is 3.15. The monoisotopic (exact) mass is 508 g/mol. The van der Waals surface area contributed by atoms with E-state index in [-0.39, 0.29) is 24.3 Å². The second-order valence-electron chi connectivity index (χ2n) is 9.22. The lowest BCUT2D eigenvalue weighted by molar-refractivity contribution is -0.148. The molecule has 11 heteroatoms. The van der Waals surface area contributed by atoms with Gasteiger partial charge in [0.25, 0.3) is 11.8 Å². The van der Waals surface area contributed by atoms with Crippen molar-refractivity contribution in [2.45, 2.75) is 39.8 Å². The van der Waals surface area contributed by atoms with Crippen molar-refractivity contribution in [3.05, 3.63) is 57.7 Å². The van der Waals surface area contributed by atoms with Crippen LogP contribution in [-0.2, 0) is 16.1 Å².